The summed E-state index contributed by atoms with van der Waals surface area (Å²) in [5.74, 6) is -1.16. The summed E-state index contributed by atoms with van der Waals surface area (Å²) in [4.78, 5) is 26.9. The third kappa shape index (κ3) is 4.10. The number of carbonyl (C=O) groups is 2. The van der Waals surface area contributed by atoms with Gasteiger partial charge in [0, 0.05) is 19.2 Å². The van der Waals surface area contributed by atoms with Crippen molar-refractivity contribution in [1.82, 2.24) is 4.90 Å². The summed E-state index contributed by atoms with van der Waals surface area (Å²) in [6.07, 6.45) is 0. The van der Waals surface area contributed by atoms with E-state index in [1.54, 1.807) is 42.5 Å². The number of halogens is 2. The van der Waals surface area contributed by atoms with Crippen LogP contribution in [-0.2, 0) is 14.3 Å². The van der Waals surface area contributed by atoms with Crippen molar-refractivity contribution in [2.75, 3.05) is 27.4 Å². The van der Waals surface area contributed by atoms with E-state index >= 15 is 0 Å². The Hall–Kier alpha value is -2.54. The van der Waals surface area contributed by atoms with Crippen LogP contribution in [0.1, 0.15) is 17.2 Å². The van der Waals surface area contributed by atoms with Gasteiger partial charge in [-0.3, -0.25) is 9.59 Å². The van der Waals surface area contributed by atoms with Crippen LogP contribution in [0.2, 0.25) is 10.0 Å². The number of benzene rings is 2. The predicted octanol–water partition coefficient (Wildman–Crippen LogP) is 4.07. The van der Waals surface area contributed by atoms with Crippen LogP contribution in [0.5, 0.6) is 5.75 Å². The lowest BCUT2D eigenvalue weighted by Crippen LogP contribution is -2.32. The molecule has 29 heavy (non-hydrogen) atoms. The molecule has 1 atom stereocenters. The molecule has 0 radical (unpaired) electrons. The van der Waals surface area contributed by atoms with E-state index in [1.807, 2.05) is 0 Å². The Kier molecular flexibility index (Phi) is 6.47. The zero-order chi connectivity index (χ0) is 21.1. The molecular weight excluding hydrogens is 417 g/mol. The van der Waals surface area contributed by atoms with Crippen LogP contribution in [0, 0.1) is 0 Å². The summed E-state index contributed by atoms with van der Waals surface area (Å²) in [6.45, 7) is 0.402. The van der Waals surface area contributed by atoms with Gasteiger partial charge in [0.1, 0.15) is 11.5 Å². The highest BCUT2D eigenvalue weighted by Crippen LogP contribution is 2.40. The van der Waals surface area contributed by atoms with Crippen molar-refractivity contribution in [1.29, 1.82) is 0 Å². The highest BCUT2D eigenvalue weighted by atomic mass is 35.5. The molecule has 0 aliphatic carbocycles. The van der Waals surface area contributed by atoms with Gasteiger partial charge in [-0.2, -0.15) is 0 Å². The number of hydrogen-bond acceptors (Lipinski definition) is 5. The molecule has 0 aromatic heterocycles. The van der Waals surface area contributed by atoms with E-state index in [0.717, 1.165) is 0 Å². The van der Waals surface area contributed by atoms with Crippen LogP contribution < -0.4 is 4.74 Å². The molecule has 1 aliphatic rings. The predicted molar refractivity (Wildman–Crippen MR) is 110 cm³/mol. The van der Waals surface area contributed by atoms with Gasteiger partial charge in [-0.1, -0.05) is 29.3 Å². The highest BCUT2D eigenvalue weighted by molar-refractivity contribution is 6.46. The van der Waals surface area contributed by atoms with Crippen LogP contribution in [0.4, 0.5) is 0 Å². The monoisotopic (exact) mass is 435 g/mol. The lowest BCUT2D eigenvalue weighted by atomic mass is 9.95. The molecule has 1 amide bonds. The van der Waals surface area contributed by atoms with Crippen molar-refractivity contribution in [2.24, 2.45) is 0 Å². The Morgan fingerprint density at radius 2 is 1.76 bits per heavy atom. The number of nitrogens with zero attached hydrogens (tertiary/aromatic N) is 1. The molecule has 2 aromatic carbocycles. The second kappa shape index (κ2) is 8.86. The first-order valence-electron chi connectivity index (χ1n) is 8.75. The number of hydrogen-bond donors (Lipinski definition) is 1. The van der Waals surface area contributed by atoms with Gasteiger partial charge in [0.2, 0.25) is 0 Å². The van der Waals surface area contributed by atoms with Gasteiger partial charge in [0.05, 0.1) is 35.4 Å². The van der Waals surface area contributed by atoms with Crippen molar-refractivity contribution in [3.8, 4) is 5.75 Å². The maximum Gasteiger partial charge on any atom is 0.295 e. The molecule has 6 nitrogen and oxygen atoms in total. The Labute approximate surface area is 178 Å². The topological polar surface area (TPSA) is 76.1 Å². The minimum Gasteiger partial charge on any atom is -0.507 e. The molecule has 1 N–H and O–H groups in total. The Morgan fingerprint density at radius 3 is 2.34 bits per heavy atom. The maximum atomic E-state index is 12.8. The van der Waals surface area contributed by atoms with E-state index in [-0.39, 0.29) is 29.5 Å². The largest absolute Gasteiger partial charge is 0.507 e. The number of methoxy groups -OCH3 is 2. The minimum atomic E-state index is -0.818. The van der Waals surface area contributed by atoms with Gasteiger partial charge in [-0.25, -0.2) is 0 Å². The quantitative estimate of drug-likeness (QED) is 0.420. The molecule has 0 saturated carbocycles. The Bertz CT molecular complexity index is 972. The molecule has 0 spiro atoms. The number of amides is 1. The first-order valence-corrected chi connectivity index (χ1v) is 9.51. The number of Topliss-reactive ketones (excluding diaryl/α,β-unsaturated/α-hetero) is 1. The van der Waals surface area contributed by atoms with E-state index in [2.05, 4.69) is 0 Å². The summed E-state index contributed by atoms with van der Waals surface area (Å²) < 4.78 is 10.2. The zero-order valence-electron chi connectivity index (χ0n) is 15.8. The van der Waals surface area contributed by atoms with Crippen molar-refractivity contribution < 1.29 is 24.2 Å². The maximum absolute atomic E-state index is 12.8. The van der Waals surface area contributed by atoms with E-state index < -0.39 is 17.7 Å². The number of carbonyl (C=O) groups excluding carboxylic acids is 2. The molecule has 0 unspecified atom stereocenters. The van der Waals surface area contributed by atoms with Crippen LogP contribution in [0.25, 0.3) is 5.76 Å². The third-order valence-corrected chi connectivity index (χ3v) is 5.44. The van der Waals surface area contributed by atoms with E-state index in [9.17, 15) is 14.7 Å². The van der Waals surface area contributed by atoms with Gasteiger partial charge in [-0.05, 0) is 42.0 Å². The fraction of sp³-hybridized carbons (Fsp3) is 0.238. The fourth-order valence-corrected chi connectivity index (χ4v) is 3.54. The van der Waals surface area contributed by atoms with Crippen molar-refractivity contribution >= 4 is 40.7 Å². The SMILES string of the molecule is COCCN1C(=O)C(=O)C(=C(O)c2ccc(OC)cc2)[C@H]1c1ccc(Cl)c(Cl)c1. The summed E-state index contributed by atoms with van der Waals surface area (Å²) in [5, 5.41) is 11.5. The lowest BCUT2D eigenvalue weighted by molar-refractivity contribution is -0.140. The molecular formula is C21H19Cl2NO5. The average Bonchev–Trinajstić information content (AvgIpc) is 2.98. The van der Waals surface area contributed by atoms with E-state index in [1.165, 1.54) is 19.1 Å². The second-order valence-electron chi connectivity index (χ2n) is 6.39. The number of ether oxygens (including phenoxy) is 2. The van der Waals surface area contributed by atoms with Crippen LogP contribution in [0.15, 0.2) is 48.0 Å². The lowest BCUT2D eigenvalue weighted by Gasteiger charge is -2.25. The number of likely N-dealkylation sites (tertiary alicyclic amines) is 1. The summed E-state index contributed by atoms with van der Waals surface area (Å²) in [5.41, 5.74) is 0.931. The van der Waals surface area contributed by atoms with Crippen LogP contribution >= 0.6 is 23.2 Å². The first kappa shape index (κ1) is 21.2. The summed E-state index contributed by atoms with van der Waals surface area (Å²) in [7, 11) is 3.03. The molecule has 1 heterocycles. The number of aliphatic hydroxyl groups is 1. The Balaban J connectivity index is 2.15. The number of rotatable bonds is 6. The third-order valence-electron chi connectivity index (χ3n) is 4.70. The molecule has 1 fully saturated rings. The summed E-state index contributed by atoms with van der Waals surface area (Å²) >= 11 is 12.2. The molecule has 8 heteroatoms. The molecule has 2 aromatic rings. The number of aliphatic hydroxyl groups excluding tert-OH is 1. The van der Waals surface area contributed by atoms with Crippen LogP contribution in [0.3, 0.4) is 0 Å². The van der Waals surface area contributed by atoms with Crippen molar-refractivity contribution in [2.45, 2.75) is 6.04 Å². The van der Waals surface area contributed by atoms with Gasteiger partial charge < -0.3 is 19.5 Å². The normalized spacial score (nSPS) is 18.3. The van der Waals surface area contributed by atoms with Crippen molar-refractivity contribution in [3.63, 3.8) is 0 Å². The highest BCUT2D eigenvalue weighted by Gasteiger charge is 2.46. The molecule has 1 aliphatic heterocycles. The van der Waals surface area contributed by atoms with Gasteiger partial charge in [-0.15, -0.1) is 0 Å². The van der Waals surface area contributed by atoms with Gasteiger partial charge in [0.15, 0.2) is 0 Å². The molecule has 3 rings (SSSR count). The minimum absolute atomic E-state index is 0.0188. The first-order chi connectivity index (χ1) is 13.9. The van der Waals surface area contributed by atoms with Crippen LogP contribution in [-0.4, -0.2) is 49.1 Å². The second-order valence-corrected chi connectivity index (χ2v) is 7.20. The zero-order valence-corrected chi connectivity index (χ0v) is 17.3. The van der Waals surface area contributed by atoms with Crippen molar-refractivity contribution in [3.05, 3.63) is 69.2 Å². The molecule has 1 saturated heterocycles. The number of ketones is 1. The fourth-order valence-electron chi connectivity index (χ4n) is 3.23. The standard InChI is InChI=1S/C21H19Cl2NO5/c1-28-10-9-24-18(13-5-8-15(22)16(23)11-13)17(20(26)21(24)27)19(25)12-3-6-14(29-2)7-4-12/h3-8,11,18,25H,9-10H2,1-2H3/t18-/m1/s1. The Morgan fingerprint density at radius 1 is 1.07 bits per heavy atom. The molecule has 0 bridgehead atoms. The smallest absolute Gasteiger partial charge is 0.295 e. The van der Waals surface area contributed by atoms with Gasteiger partial charge in [0.25, 0.3) is 11.7 Å². The average molecular weight is 436 g/mol. The van der Waals surface area contributed by atoms with E-state index in [4.69, 9.17) is 32.7 Å². The summed E-state index contributed by atoms with van der Waals surface area (Å²) in [6, 6.07) is 10.6. The molecule has 152 valence electrons. The van der Waals surface area contributed by atoms with E-state index in [0.29, 0.717) is 21.9 Å². The van der Waals surface area contributed by atoms with Gasteiger partial charge >= 0.3 is 0 Å².